The molecule has 2 aromatic rings. The summed E-state index contributed by atoms with van der Waals surface area (Å²) in [5, 5.41) is 3.63. The Balaban J connectivity index is 2.39. The molecule has 0 saturated carbocycles. The first-order chi connectivity index (χ1) is 9.32. The van der Waals surface area contributed by atoms with Crippen LogP contribution < -0.4 is 0 Å². The van der Waals surface area contributed by atoms with E-state index in [2.05, 4.69) is 14.8 Å². The Kier molecular flexibility index (Phi) is 3.47. The number of aromatic nitrogens is 3. The standard InChI is InChI=1S/C12H10F3N3O2/c1-7-3-8(11(19)20-2)4-16-10(7)18-6-9(5-17-18)12(13,14)15/h3-6H,1-2H3. The first-order valence-corrected chi connectivity index (χ1v) is 5.50. The van der Waals surface area contributed by atoms with Crippen LogP contribution in [-0.4, -0.2) is 27.8 Å². The van der Waals surface area contributed by atoms with Crippen molar-refractivity contribution in [1.82, 2.24) is 14.8 Å². The molecule has 8 heteroatoms. The maximum absolute atomic E-state index is 12.5. The minimum atomic E-state index is -4.46. The van der Waals surface area contributed by atoms with E-state index in [-0.39, 0.29) is 11.4 Å². The van der Waals surface area contributed by atoms with Crippen LogP contribution in [0.5, 0.6) is 0 Å². The van der Waals surface area contributed by atoms with E-state index in [4.69, 9.17) is 0 Å². The number of esters is 1. The molecular formula is C12H10F3N3O2. The Labute approximate surface area is 112 Å². The summed E-state index contributed by atoms with van der Waals surface area (Å²) in [6.07, 6.45) is -1.68. The van der Waals surface area contributed by atoms with Gasteiger partial charge in [-0.15, -0.1) is 0 Å². The van der Waals surface area contributed by atoms with Crippen LogP contribution in [0, 0.1) is 6.92 Å². The first kappa shape index (κ1) is 14.0. The molecule has 0 spiro atoms. The minimum absolute atomic E-state index is 0.216. The molecule has 0 N–H and O–H groups in total. The van der Waals surface area contributed by atoms with Crippen LogP contribution in [0.15, 0.2) is 24.7 Å². The molecular weight excluding hydrogens is 275 g/mol. The quantitative estimate of drug-likeness (QED) is 0.795. The van der Waals surface area contributed by atoms with Gasteiger partial charge in [-0.25, -0.2) is 14.5 Å². The van der Waals surface area contributed by atoms with Crippen molar-refractivity contribution < 1.29 is 22.7 Å². The second-order valence-corrected chi connectivity index (χ2v) is 4.03. The van der Waals surface area contributed by atoms with E-state index in [1.54, 1.807) is 6.92 Å². The number of ether oxygens (including phenoxy) is 1. The van der Waals surface area contributed by atoms with Gasteiger partial charge in [-0.05, 0) is 18.6 Å². The summed E-state index contributed by atoms with van der Waals surface area (Å²) in [5.41, 5.74) is -0.141. The Morgan fingerprint density at radius 3 is 2.55 bits per heavy atom. The number of pyridine rings is 1. The van der Waals surface area contributed by atoms with E-state index in [9.17, 15) is 18.0 Å². The molecule has 0 fully saturated rings. The van der Waals surface area contributed by atoms with E-state index in [0.29, 0.717) is 5.56 Å². The first-order valence-electron chi connectivity index (χ1n) is 5.50. The predicted molar refractivity (Wildman–Crippen MR) is 62.4 cm³/mol. The number of carbonyl (C=O) groups is 1. The highest BCUT2D eigenvalue weighted by molar-refractivity contribution is 5.89. The van der Waals surface area contributed by atoms with Crippen molar-refractivity contribution in [3.63, 3.8) is 0 Å². The molecule has 0 atom stereocenters. The van der Waals surface area contributed by atoms with E-state index >= 15 is 0 Å². The Morgan fingerprint density at radius 1 is 1.35 bits per heavy atom. The van der Waals surface area contributed by atoms with E-state index in [0.717, 1.165) is 17.1 Å². The molecule has 5 nitrogen and oxygen atoms in total. The summed E-state index contributed by atoms with van der Waals surface area (Å²) < 4.78 is 43.0. The number of methoxy groups -OCH3 is 1. The molecule has 0 unspecified atom stereocenters. The maximum Gasteiger partial charge on any atom is 0.419 e. The second-order valence-electron chi connectivity index (χ2n) is 4.03. The van der Waals surface area contributed by atoms with Crippen LogP contribution in [0.25, 0.3) is 5.82 Å². The van der Waals surface area contributed by atoms with Crippen molar-refractivity contribution in [3.05, 3.63) is 41.3 Å². The summed E-state index contributed by atoms with van der Waals surface area (Å²) in [6, 6.07) is 1.48. The Hall–Kier alpha value is -2.38. The molecule has 0 amide bonds. The maximum atomic E-state index is 12.5. The average Bonchev–Trinajstić information content (AvgIpc) is 2.87. The third-order valence-corrected chi connectivity index (χ3v) is 2.60. The van der Waals surface area contributed by atoms with Gasteiger partial charge in [-0.3, -0.25) is 0 Å². The Bertz CT molecular complexity index is 650. The highest BCUT2D eigenvalue weighted by Crippen LogP contribution is 2.29. The van der Waals surface area contributed by atoms with Gasteiger partial charge >= 0.3 is 12.1 Å². The molecule has 0 aliphatic carbocycles. The molecule has 20 heavy (non-hydrogen) atoms. The molecule has 0 radical (unpaired) electrons. The zero-order valence-corrected chi connectivity index (χ0v) is 10.6. The molecule has 0 saturated heterocycles. The monoisotopic (exact) mass is 285 g/mol. The van der Waals surface area contributed by atoms with Gasteiger partial charge in [0.25, 0.3) is 0 Å². The fourth-order valence-electron chi connectivity index (χ4n) is 1.62. The van der Waals surface area contributed by atoms with Crippen LogP contribution in [-0.2, 0) is 10.9 Å². The number of rotatable bonds is 2. The van der Waals surface area contributed by atoms with Crippen LogP contribution >= 0.6 is 0 Å². The van der Waals surface area contributed by atoms with Crippen molar-refractivity contribution in [2.45, 2.75) is 13.1 Å². The topological polar surface area (TPSA) is 57.0 Å². The van der Waals surface area contributed by atoms with Gasteiger partial charge in [0.15, 0.2) is 5.82 Å². The van der Waals surface area contributed by atoms with Gasteiger partial charge in [0.2, 0.25) is 0 Å². The van der Waals surface area contributed by atoms with E-state index in [1.165, 1.54) is 19.4 Å². The highest BCUT2D eigenvalue weighted by Gasteiger charge is 2.32. The molecule has 2 heterocycles. The minimum Gasteiger partial charge on any atom is -0.465 e. The number of carbonyl (C=O) groups excluding carboxylic acids is 1. The molecule has 0 aliphatic rings. The van der Waals surface area contributed by atoms with Gasteiger partial charge in [-0.2, -0.15) is 18.3 Å². The number of alkyl halides is 3. The lowest BCUT2D eigenvalue weighted by Gasteiger charge is -2.06. The number of nitrogens with zero attached hydrogens (tertiary/aromatic N) is 3. The molecule has 106 valence electrons. The zero-order chi connectivity index (χ0) is 14.9. The smallest absolute Gasteiger partial charge is 0.419 e. The molecule has 2 aromatic heterocycles. The van der Waals surface area contributed by atoms with Gasteiger partial charge in [0, 0.05) is 12.4 Å². The van der Waals surface area contributed by atoms with Crippen molar-refractivity contribution in [2.75, 3.05) is 7.11 Å². The normalized spacial score (nSPS) is 11.4. The fraction of sp³-hybridized carbons (Fsp3) is 0.250. The summed E-state index contributed by atoms with van der Waals surface area (Å²) in [4.78, 5) is 15.3. The zero-order valence-electron chi connectivity index (χ0n) is 10.6. The number of halogens is 3. The van der Waals surface area contributed by atoms with E-state index < -0.39 is 17.7 Å². The average molecular weight is 285 g/mol. The molecule has 0 aromatic carbocycles. The largest absolute Gasteiger partial charge is 0.465 e. The van der Waals surface area contributed by atoms with Crippen molar-refractivity contribution in [2.24, 2.45) is 0 Å². The summed E-state index contributed by atoms with van der Waals surface area (Å²) >= 11 is 0. The fourth-order valence-corrected chi connectivity index (χ4v) is 1.62. The SMILES string of the molecule is COC(=O)c1cnc(-n2cc(C(F)(F)F)cn2)c(C)c1. The summed E-state index contributed by atoms with van der Waals surface area (Å²) in [7, 11) is 1.23. The van der Waals surface area contributed by atoms with Crippen LogP contribution in [0.4, 0.5) is 13.2 Å². The predicted octanol–water partition coefficient (Wildman–Crippen LogP) is 2.38. The van der Waals surface area contributed by atoms with Gasteiger partial charge in [-0.1, -0.05) is 0 Å². The Morgan fingerprint density at radius 2 is 2.05 bits per heavy atom. The van der Waals surface area contributed by atoms with Crippen LogP contribution in [0.2, 0.25) is 0 Å². The molecule has 0 aliphatic heterocycles. The van der Waals surface area contributed by atoms with Crippen LogP contribution in [0.1, 0.15) is 21.5 Å². The van der Waals surface area contributed by atoms with Gasteiger partial charge < -0.3 is 4.74 Å². The number of aryl methyl sites for hydroxylation is 1. The number of hydrogen-bond donors (Lipinski definition) is 0. The second kappa shape index (κ2) is 4.95. The van der Waals surface area contributed by atoms with Gasteiger partial charge in [0.05, 0.1) is 24.4 Å². The van der Waals surface area contributed by atoms with Crippen LogP contribution in [0.3, 0.4) is 0 Å². The van der Waals surface area contributed by atoms with E-state index in [1.807, 2.05) is 0 Å². The van der Waals surface area contributed by atoms with Crippen molar-refractivity contribution in [1.29, 1.82) is 0 Å². The molecule has 0 bridgehead atoms. The van der Waals surface area contributed by atoms with Crippen molar-refractivity contribution >= 4 is 5.97 Å². The third kappa shape index (κ3) is 2.63. The lowest BCUT2D eigenvalue weighted by Crippen LogP contribution is -2.07. The third-order valence-electron chi connectivity index (χ3n) is 2.60. The van der Waals surface area contributed by atoms with Gasteiger partial charge in [0.1, 0.15) is 0 Å². The molecule has 2 rings (SSSR count). The lowest BCUT2D eigenvalue weighted by atomic mass is 10.2. The highest BCUT2D eigenvalue weighted by atomic mass is 19.4. The summed E-state index contributed by atoms with van der Waals surface area (Å²) in [5.74, 6) is -0.350. The number of hydrogen-bond acceptors (Lipinski definition) is 4. The lowest BCUT2D eigenvalue weighted by molar-refractivity contribution is -0.137. The summed E-state index contributed by atoms with van der Waals surface area (Å²) in [6.45, 7) is 1.61. The van der Waals surface area contributed by atoms with Crippen molar-refractivity contribution in [3.8, 4) is 5.82 Å².